The van der Waals surface area contributed by atoms with Crippen LogP contribution in [0.25, 0.3) is 0 Å². The quantitative estimate of drug-likeness (QED) is 0.489. The van der Waals surface area contributed by atoms with Gasteiger partial charge in [0.2, 0.25) is 0 Å². The molecule has 0 spiro atoms. The van der Waals surface area contributed by atoms with Crippen molar-refractivity contribution < 1.29 is 14.3 Å². The third kappa shape index (κ3) is 0.640. The van der Waals surface area contributed by atoms with Crippen molar-refractivity contribution in [3.05, 3.63) is 35.2 Å². The lowest BCUT2D eigenvalue weighted by Gasteiger charge is -1.92. The first-order valence-corrected chi connectivity index (χ1v) is 2.72. The summed E-state index contributed by atoms with van der Waals surface area (Å²) in [5.41, 5.74) is 0.632. The van der Waals surface area contributed by atoms with Gasteiger partial charge in [-0.05, 0) is 11.6 Å². The van der Waals surface area contributed by atoms with E-state index in [4.69, 9.17) is 0 Å². The van der Waals surface area contributed by atoms with Crippen LogP contribution in [0.4, 0.5) is 8.78 Å². The van der Waals surface area contributed by atoms with Gasteiger partial charge in [0, 0.05) is 5.57 Å². The van der Waals surface area contributed by atoms with Crippen molar-refractivity contribution >= 4 is 0 Å². The first kappa shape index (κ1) is 7.15. The van der Waals surface area contributed by atoms with Gasteiger partial charge >= 0.3 is 0 Å². The van der Waals surface area contributed by atoms with Gasteiger partial charge in [-0.1, -0.05) is 12.2 Å². The Morgan fingerprint density at radius 1 is 1.30 bits per heavy atom. The lowest BCUT2D eigenvalue weighted by Crippen LogP contribution is -1.93. The summed E-state index contributed by atoms with van der Waals surface area (Å²) in [6.45, 7) is 0. The largest absolute Gasteiger partial charge is 0.412 e. The summed E-state index contributed by atoms with van der Waals surface area (Å²) >= 11 is 0. The molecule has 0 aliphatic heterocycles. The molecule has 10 heavy (non-hydrogen) atoms. The molecule has 0 fully saturated rings. The topological polar surface area (TPSA) is 31.5 Å². The molecule has 3 heteroatoms. The highest BCUT2D eigenvalue weighted by Crippen LogP contribution is 2.36. The first-order chi connectivity index (χ1) is 4.29. The van der Waals surface area contributed by atoms with E-state index in [0.29, 0.717) is 5.57 Å². The molecule has 2 N–H and O–H groups in total. The van der Waals surface area contributed by atoms with Gasteiger partial charge in [0.05, 0.1) is 0 Å². The molecule has 0 aromatic rings. The van der Waals surface area contributed by atoms with Crippen LogP contribution < -0.4 is 0 Å². The fourth-order valence-electron chi connectivity index (χ4n) is 1.09. The van der Waals surface area contributed by atoms with Crippen LogP contribution in [0.5, 0.6) is 0 Å². The molecule has 2 aliphatic carbocycles. The molecule has 2 bridgehead atoms. The lowest BCUT2D eigenvalue weighted by molar-refractivity contribution is 0.450. The number of hydrogen-bond acceptors (Lipinski definition) is 0. The van der Waals surface area contributed by atoms with Gasteiger partial charge in [-0.15, -0.1) is 0 Å². The number of hydrogen-bond donors (Lipinski definition) is 0. The average Bonchev–Trinajstić information content (AvgIpc) is 2.25. The minimum absolute atomic E-state index is 0. The van der Waals surface area contributed by atoms with E-state index >= 15 is 0 Å². The molecular formula is C7H6F2O. The molecule has 0 heterocycles. The molecule has 1 unspecified atom stereocenters. The average molecular weight is 144 g/mol. The number of fused-ring (bicyclic) bond motifs is 2. The van der Waals surface area contributed by atoms with E-state index in [9.17, 15) is 8.78 Å². The molecule has 0 aromatic heterocycles. The van der Waals surface area contributed by atoms with Crippen LogP contribution in [0.1, 0.15) is 0 Å². The molecule has 1 atom stereocenters. The Morgan fingerprint density at radius 3 is 2.20 bits per heavy atom. The molecule has 2 rings (SSSR count). The Bertz CT molecular complexity index is 250. The van der Waals surface area contributed by atoms with Gasteiger partial charge in [0.1, 0.15) is 5.83 Å². The summed E-state index contributed by atoms with van der Waals surface area (Å²) in [6, 6.07) is 0. The molecule has 0 aromatic carbocycles. The Morgan fingerprint density at radius 2 is 2.00 bits per heavy atom. The number of alkyl halides is 1. The molecule has 1 nitrogen and oxygen atoms in total. The Hall–Kier alpha value is -0.960. The number of allylic oxidation sites excluding steroid dienone is 6. The second kappa shape index (κ2) is 2.02. The molecule has 2 aliphatic rings. The predicted molar refractivity (Wildman–Crippen MR) is 33.9 cm³/mol. The van der Waals surface area contributed by atoms with E-state index in [1.54, 1.807) is 6.08 Å². The van der Waals surface area contributed by atoms with Crippen LogP contribution in [-0.4, -0.2) is 11.6 Å². The second-order valence-electron chi connectivity index (χ2n) is 2.14. The Balaban J connectivity index is 0.000000500. The van der Waals surface area contributed by atoms with Crippen LogP contribution in [-0.2, 0) is 0 Å². The third-order valence-electron chi connectivity index (χ3n) is 1.59. The normalized spacial score (nSPS) is 27.0. The zero-order chi connectivity index (χ0) is 6.43. The van der Waals surface area contributed by atoms with E-state index in [1.807, 2.05) is 0 Å². The van der Waals surface area contributed by atoms with Crippen molar-refractivity contribution in [1.82, 2.24) is 0 Å². The summed E-state index contributed by atoms with van der Waals surface area (Å²) in [5.74, 6) is -0.417. The molecule has 0 saturated heterocycles. The van der Waals surface area contributed by atoms with Gasteiger partial charge in [-0.2, -0.15) is 0 Å². The van der Waals surface area contributed by atoms with E-state index in [0.717, 1.165) is 0 Å². The van der Waals surface area contributed by atoms with Gasteiger partial charge in [0.25, 0.3) is 0 Å². The molecule has 0 radical (unpaired) electrons. The summed E-state index contributed by atoms with van der Waals surface area (Å²) in [7, 11) is 0. The summed E-state index contributed by atoms with van der Waals surface area (Å²) in [6.07, 6.45) is 3.14. The second-order valence-corrected chi connectivity index (χ2v) is 2.14. The van der Waals surface area contributed by atoms with E-state index in [1.165, 1.54) is 12.2 Å². The van der Waals surface area contributed by atoms with Gasteiger partial charge in [0.15, 0.2) is 6.17 Å². The Labute approximate surface area is 56.7 Å². The van der Waals surface area contributed by atoms with Crippen LogP contribution >= 0.6 is 0 Å². The first-order valence-electron chi connectivity index (χ1n) is 2.72. The highest BCUT2D eigenvalue weighted by atomic mass is 19.1. The lowest BCUT2D eigenvalue weighted by atomic mass is 10.2. The fraction of sp³-hybridized carbons (Fsp3) is 0.143. The monoisotopic (exact) mass is 144 g/mol. The maximum Gasteiger partial charge on any atom is 0.153 e. The highest BCUT2D eigenvalue weighted by Gasteiger charge is 2.29. The van der Waals surface area contributed by atoms with E-state index in [2.05, 4.69) is 0 Å². The van der Waals surface area contributed by atoms with Gasteiger partial charge in [-0.25, -0.2) is 8.78 Å². The zero-order valence-corrected chi connectivity index (χ0v) is 5.07. The number of rotatable bonds is 0. The van der Waals surface area contributed by atoms with Crippen molar-refractivity contribution in [2.45, 2.75) is 6.17 Å². The predicted octanol–water partition coefficient (Wildman–Crippen LogP) is 1.23. The van der Waals surface area contributed by atoms with Crippen molar-refractivity contribution in [2.24, 2.45) is 0 Å². The Kier molecular flexibility index (Phi) is 1.45. The minimum atomic E-state index is -1.18. The molecule has 0 amide bonds. The number of halogens is 2. The SMILES string of the molecule is FC1=C2C=CC(=C1)C2F.O. The van der Waals surface area contributed by atoms with Crippen molar-refractivity contribution in [1.29, 1.82) is 0 Å². The fourth-order valence-corrected chi connectivity index (χ4v) is 1.09. The molecule has 0 saturated carbocycles. The third-order valence-corrected chi connectivity index (χ3v) is 1.59. The van der Waals surface area contributed by atoms with Gasteiger partial charge in [-0.3, -0.25) is 0 Å². The molecule has 54 valence electrons. The van der Waals surface area contributed by atoms with Crippen molar-refractivity contribution in [2.75, 3.05) is 0 Å². The van der Waals surface area contributed by atoms with Crippen LogP contribution in [0, 0.1) is 0 Å². The zero-order valence-electron chi connectivity index (χ0n) is 5.07. The van der Waals surface area contributed by atoms with E-state index in [-0.39, 0.29) is 11.0 Å². The maximum absolute atomic E-state index is 12.6. The van der Waals surface area contributed by atoms with Crippen molar-refractivity contribution in [3.8, 4) is 0 Å². The van der Waals surface area contributed by atoms with Crippen molar-refractivity contribution in [3.63, 3.8) is 0 Å². The summed E-state index contributed by atoms with van der Waals surface area (Å²) in [4.78, 5) is 0. The smallest absolute Gasteiger partial charge is 0.153 e. The van der Waals surface area contributed by atoms with Crippen LogP contribution in [0.2, 0.25) is 0 Å². The van der Waals surface area contributed by atoms with Crippen LogP contribution in [0.15, 0.2) is 35.2 Å². The van der Waals surface area contributed by atoms with Gasteiger partial charge < -0.3 is 5.48 Å². The molecular weight excluding hydrogens is 138 g/mol. The van der Waals surface area contributed by atoms with E-state index < -0.39 is 12.0 Å². The standard InChI is InChI=1S/C7H4F2.H2O/c8-6-3-4-1-2-5(6)7(4)9;/h1-3,7H;1H2. The summed E-state index contributed by atoms with van der Waals surface area (Å²) < 4.78 is 25.0. The maximum atomic E-state index is 12.6. The minimum Gasteiger partial charge on any atom is -0.412 e. The summed E-state index contributed by atoms with van der Waals surface area (Å²) in [5, 5.41) is 0. The highest BCUT2D eigenvalue weighted by molar-refractivity contribution is 5.57. The van der Waals surface area contributed by atoms with Crippen LogP contribution in [0.3, 0.4) is 0 Å².